The number of aliphatic hydroxyl groups is 3. The molecule has 0 amide bonds. The molecular formula is C17H32O5. The quantitative estimate of drug-likeness (QED) is 0.378. The molecule has 0 aromatic heterocycles. The molecule has 1 fully saturated rings. The van der Waals surface area contributed by atoms with Crippen LogP contribution in [-0.2, 0) is 9.47 Å². The van der Waals surface area contributed by atoms with Crippen LogP contribution in [0.3, 0.4) is 0 Å². The van der Waals surface area contributed by atoms with Crippen LogP contribution in [0.25, 0.3) is 0 Å². The van der Waals surface area contributed by atoms with Crippen molar-refractivity contribution in [3.8, 4) is 0 Å². The van der Waals surface area contributed by atoms with E-state index < -0.39 is 24.4 Å². The van der Waals surface area contributed by atoms with Crippen molar-refractivity contribution in [3.63, 3.8) is 0 Å². The molecule has 1 aliphatic heterocycles. The maximum atomic E-state index is 9.75. The monoisotopic (exact) mass is 316 g/mol. The van der Waals surface area contributed by atoms with E-state index in [1.807, 2.05) is 0 Å². The second-order valence-electron chi connectivity index (χ2n) is 5.91. The molecule has 0 aromatic carbocycles. The van der Waals surface area contributed by atoms with Gasteiger partial charge in [-0.1, -0.05) is 38.3 Å². The summed E-state index contributed by atoms with van der Waals surface area (Å²) in [4.78, 5) is 0. The number of hydrogen-bond donors (Lipinski definition) is 3. The maximum absolute atomic E-state index is 9.75. The summed E-state index contributed by atoms with van der Waals surface area (Å²) in [5.41, 5.74) is 0. The van der Waals surface area contributed by atoms with Crippen LogP contribution < -0.4 is 0 Å². The first-order valence-electron chi connectivity index (χ1n) is 8.55. The minimum atomic E-state index is -0.980. The third kappa shape index (κ3) is 7.20. The molecule has 0 bridgehead atoms. The van der Waals surface area contributed by atoms with Gasteiger partial charge >= 0.3 is 0 Å². The average Bonchev–Trinajstić information content (AvgIpc) is 2.85. The Morgan fingerprint density at radius 2 is 1.86 bits per heavy atom. The SMILES string of the molecule is CCC/C=C/CCCCCCO[C@@H](CO)[C@H]1OC[C@@H](O)[C@H]1O. The van der Waals surface area contributed by atoms with Crippen LogP contribution in [0.5, 0.6) is 0 Å². The van der Waals surface area contributed by atoms with Gasteiger partial charge in [-0.05, 0) is 25.7 Å². The van der Waals surface area contributed by atoms with E-state index in [9.17, 15) is 15.3 Å². The van der Waals surface area contributed by atoms with E-state index in [0.29, 0.717) is 6.61 Å². The molecule has 5 heteroatoms. The number of hydrogen-bond acceptors (Lipinski definition) is 5. The Labute approximate surface area is 133 Å². The van der Waals surface area contributed by atoms with Crippen molar-refractivity contribution in [2.75, 3.05) is 19.8 Å². The summed E-state index contributed by atoms with van der Waals surface area (Å²) in [6, 6.07) is 0. The molecule has 1 rings (SSSR count). The molecule has 0 aliphatic carbocycles. The molecular weight excluding hydrogens is 284 g/mol. The lowest BCUT2D eigenvalue weighted by Crippen LogP contribution is -2.42. The van der Waals surface area contributed by atoms with Crippen molar-refractivity contribution in [2.24, 2.45) is 0 Å². The maximum Gasteiger partial charge on any atom is 0.114 e. The highest BCUT2D eigenvalue weighted by molar-refractivity contribution is 4.88. The van der Waals surface area contributed by atoms with Crippen molar-refractivity contribution in [3.05, 3.63) is 12.2 Å². The topological polar surface area (TPSA) is 79.2 Å². The minimum Gasteiger partial charge on any atom is -0.394 e. The summed E-state index contributed by atoms with van der Waals surface area (Å²) in [7, 11) is 0. The van der Waals surface area contributed by atoms with E-state index in [1.54, 1.807) is 0 Å². The Morgan fingerprint density at radius 1 is 1.14 bits per heavy atom. The molecule has 3 N–H and O–H groups in total. The fraction of sp³-hybridized carbons (Fsp3) is 0.882. The Kier molecular flexibility index (Phi) is 10.7. The standard InChI is InChI=1S/C17H32O5/c1-2-3-4-5-6-7-8-9-10-11-21-15(12-18)17-16(20)14(19)13-22-17/h4-5,14-20H,2-3,6-13H2,1H3/b5-4+/t14-,15+,16-,17-/m1/s1. The van der Waals surface area contributed by atoms with Gasteiger partial charge in [-0.15, -0.1) is 0 Å². The van der Waals surface area contributed by atoms with Crippen LogP contribution in [0.4, 0.5) is 0 Å². The van der Waals surface area contributed by atoms with E-state index in [0.717, 1.165) is 19.3 Å². The van der Waals surface area contributed by atoms with Crippen molar-refractivity contribution < 1.29 is 24.8 Å². The molecule has 130 valence electrons. The van der Waals surface area contributed by atoms with Gasteiger partial charge < -0.3 is 24.8 Å². The molecule has 4 atom stereocenters. The van der Waals surface area contributed by atoms with Gasteiger partial charge in [0, 0.05) is 6.61 Å². The van der Waals surface area contributed by atoms with Crippen molar-refractivity contribution in [1.82, 2.24) is 0 Å². The zero-order valence-corrected chi connectivity index (χ0v) is 13.7. The molecule has 1 aliphatic rings. The number of ether oxygens (including phenoxy) is 2. The predicted octanol–water partition coefficient (Wildman–Crippen LogP) is 1.79. The summed E-state index contributed by atoms with van der Waals surface area (Å²) in [6.07, 6.45) is 9.34. The average molecular weight is 316 g/mol. The zero-order chi connectivity index (χ0) is 16.2. The normalized spacial score (nSPS) is 26.8. The van der Waals surface area contributed by atoms with Gasteiger partial charge in [-0.25, -0.2) is 0 Å². The lowest BCUT2D eigenvalue weighted by Gasteiger charge is -2.24. The summed E-state index contributed by atoms with van der Waals surface area (Å²) in [5.74, 6) is 0. The van der Waals surface area contributed by atoms with Crippen LogP contribution in [0.15, 0.2) is 12.2 Å². The Hall–Kier alpha value is -0.460. The second kappa shape index (κ2) is 12.0. The summed E-state index contributed by atoms with van der Waals surface area (Å²) in [6.45, 7) is 2.60. The molecule has 0 radical (unpaired) electrons. The Balaban J connectivity index is 2.03. The summed E-state index contributed by atoms with van der Waals surface area (Å²) < 4.78 is 10.9. The number of unbranched alkanes of at least 4 members (excludes halogenated alkanes) is 5. The molecule has 0 unspecified atom stereocenters. The largest absolute Gasteiger partial charge is 0.394 e. The van der Waals surface area contributed by atoms with E-state index in [-0.39, 0.29) is 13.2 Å². The molecule has 1 saturated heterocycles. The van der Waals surface area contributed by atoms with E-state index >= 15 is 0 Å². The highest BCUT2D eigenvalue weighted by atomic mass is 16.6. The van der Waals surface area contributed by atoms with Gasteiger partial charge in [-0.2, -0.15) is 0 Å². The van der Waals surface area contributed by atoms with Gasteiger partial charge in [0.15, 0.2) is 0 Å². The molecule has 0 saturated carbocycles. The second-order valence-corrected chi connectivity index (χ2v) is 5.91. The molecule has 1 heterocycles. The highest BCUT2D eigenvalue weighted by Gasteiger charge is 2.40. The van der Waals surface area contributed by atoms with Crippen LogP contribution >= 0.6 is 0 Å². The number of allylic oxidation sites excluding steroid dienone is 2. The third-order valence-corrected chi connectivity index (χ3v) is 3.96. The smallest absolute Gasteiger partial charge is 0.114 e. The number of rotatable bonds is 12. The first-order chi connectivity index (χ1) is 10.7. The van der Waals surface area contributed by atoms with Crippen molar-refractivity contribution in [1.29, 1.82) is 0 Å². The van der Waals surface area contributed by atoms with Crippen LogP contribution in [0.2, 0.25) is 0 Å². The Morgan fingerprint density at radius 3 is 2.50 bits per heavy atom. The highest BCUT2D eigenvalue weighted by Crippen LogP contribution is 2.19. The zero-order valence-electron chi connectivity index (χ0n) is 13.7. The van der Waals surface area contributed by atoms with Gasteiger partial charge in [-0.3, -0.25) is 0 Å². The minimum absolute atomic E-state index is 0.0945. The van der Waals surface area contributed by atoms with Crippen LogP contribution in [0, 0.1) is 0 Å². The van der Waals surface area contributed by atoms with E-state index in [1.165, 1.54) is 25.7 Å². The van der Waals surface area contributed by atoms with Crippen molar-refractivity contribution in [2.45, 2.75) is 76.3 Å². The molecule has 0 aromatic rings. The predicted molar refractivity (Wildman–Crippen MR) is 85.7 cm³/mol. The van der Waals surface area contributed by atoms with Crippen LogP contribution in [0.1, 0.15) is 51.9 Å². The Bertz CT molecular complexity index is 295. The van der Waals surface area contributed by atoms with Gasteiger partial charge in [0.2, 0.25) is 0 Å². The van der Waals surface area contributed by atoms with Gasteiger partial charge in [0.1, 0.15) is 24.4 Å². The fourth-order valence-electron chi connectivity index (χ4n) is 2.56. The lowest BCUT2D eigenvalue weighted by molar-refractivity contribution is -0.101. The molecule has 0 spiro atoms. The molecule has 22 heavy (non-hydrogen) atoms. The third-order valence-electron chi connectivity index (χ3n) is 3.96. The molecule has 5 nitrogen and oxygen atoms in total. The van der Waals surface area contributed by atoms with Gasteiger partial charge in [0.05, 0.1) is 13.2 Å². The van der Waals surface area contributed by atoms with Gasteiger partial charge in [0.25, 0.3) is 0 Å². The first kappa shape index (κ1) is 19.6. The van der Waals surface area contributed by atoms with E-state index in [2.05, 4.69) is 19.1 Å². The summed E-state index contributed by atoms with van der Waals surface area (Å²) in [5, 5.41) is 28.5. The first-order valence-corrected chi connectivity index (χ1v) is 8.55. The fourth-order valence-corrected chi connectivity index (χ4v) is 2.56. The lowest BCUT2D eigenvalue weighted by atomic mass is 10.1. The summed E-state index contributed by atoms with van der Waals surface area (Å²) >= 11 is 0. The van der Waals surface area contributed by atoms with Crippen LogP contribution in [-0.4, -0.2) is 59.6 Å². The van der Waals surface area contributed by atoms with Crippen molar-refractivity contribution >= 4 is 0 Å². The van der Waals surface area contributed by atoms with E-state index in [4.69, 9.17) is 9.47 Å². The number of aliphatic hydroxyl groups excluding tert-OH is 3.